The number of hydrogen-bond donors (Lipinski definition) is 1. The molecule has 0 aliphatic heterocycles. The molecule has 2 aromatic rings. The molecule has 1 aliphatic carbocycles. The summed E-state index contributed by atoms with van der Waals surface area (Å²) in [5, 5.41) is 14.1. The lowest BCUT2D eigenvalue weighted by molar-refractivity contribution is 0.100. The minimum Gasteiger partial charge on any atom is -0.388 e. The van der Waals surface area contributed by atoms with Gasteiger partial charge in [0.15, 0.2) is 0 Å². The molecular formula is C16H20OS. The summed E-state index contributed by atoms with van der Waals surface area (Å²) in [6, 6.07) is 8.42. The van der Waals surface area contributed by atoms with Crippen LogP contribution >= 0.6 is 11.3 Å². The molecule has 1 fully saturated rings. The fraction of sp³-hybridized carbons (Fsp3) is 0.500. The van der Waals surface area contributed by atoms with Gasteiger partial charge in [-0.1, -0.05) is 43.9 Å². The Bertz CT molecular complexity index is 509. The van der Waals surface area contributed by atoms with Crippen LogP contribution in [0.2, 0.25) is 0 Å². The summed E-state index contributed by atoms with van der Waals surface area (Å²) in [4.78, 5) is 0. The van der Waals surface area contributed by atoms with E-state index in [1.807, 2.05) is 0 Å². The molecule has 1 aliphatic rings. The summed E-state index contributed by atoms with van der Waals surface area (Å²) < 4.78 is 1.29. The number of thiophene rings is 1. The molecule has 0 radical (unpaired) electrons. The lowest BCUT2D eigenvalue weighted by Crippen LogP contribution is -2.11. The summed E-state index contributed by atoms with van der Waals surface area (Å²) in [5.41, 5.74) is 1.16. The van der Waals surface area contributed by atoms with Gasteiger partial charge in [0, 0.05) is 4.70 Å². The normalized spacial score (nSPS) is 19.8. The van der Waals surface area contributed by atoms with Crippen molar-refractivity contribution in [1.82, 2.24) is 0 Å². The first-order valence-electron chi connectivity index (χ1n) is 7.00. The van der Waals surface area contributed by atoms with Crippen LogP contribution < -0.4 is 0 Å². The fourth-order valence-electron chi connectivity index (χ4n) is 3.11. The summed E-state index contributed by atoms with van der Waals surface area (Å²) >= 11 is 1.75. The van der Waals surface area contributed by atoms with Gasteiger partial charge in [-0.05, 0) is 41.2 Å². The molecule has 2 heteroatoms. The van der Waals surface area contributed by atoms with E-state index < -0.39 is 0 Å². The Morgan fingerprint density at radius 1 is 1.06 bits per heavy atom. The number of aliphatic hydroxyl groups is 1. The number of benzene rings is 1. The third-order valence-corrected chi connectivity index (χ3v) is 5.16. The van der Waals surface area contributed by atoms with Gasteiger partial charge in [-0.25, -0.2) is 0 Å². The SMILES string of the molecule is OC(c1csc2ccccc12)C1CCCCCC1. The number of hydrogen-bond acceptors (Lipinski definition) is 2. The molecule has 0 saturated heterocycles. The van der Waals surface area contributed by atoms with Crippen molar-refractivity contribution in [3.8, 4) is 0 Å². The Hall–Kier alpha value is -0.860. The molecule has 1 nitrogen and oxygen atoms in total. The van der Waals surface area contributed by atoms with E-state index in [9.17, 15) is 5.11 Å². The second kappa shape index (κ2) is 5.41. The molecule has 96 valence electrons. The van der Waals surface area contributed by atoms with Gasteiger partial charge in [0.2, 0.25) is 0 Å². The zero-order valence-corrected chi connectivity index (χ0v) is 11.5. The smallest absolute Gasteiger partial charge is 0.0832 e. The first-order chi connectivity index (χ1) is 8.86. The van der Waals surface area contributed by atoms with Gasteiger partial charge in [0.05, 0.1) is 6.10 Å². The van der Waals surface area contributed by atoms with Crippen LogP contribution in [-0.2, 0) is 0 Å². The van der Waals surface area contributed by atoms with Crippen molar-refractivity contribution in [2.75, 3.05) is 0 Å². The summed E-state index contributed by atoms with van der Waals surface area (Å²) in [7, 11) is 0. The van der Waals surface area contributed by atoms with Crippen LogP contribution in [0.3, 0.4) is 0 Å². The number of rotatable bonds is 2. The monoisotopic (exact) mass is 260 g/mol. The van der Waals surface area contributed by atoms with Crippen LogP contribution in [0.1, 0.15) is 50.2 Å². The zero-order valence-electron chi connectivity index (χ0n) is 10.6. The highest BCUT2D eigenvalue weighted by atomic mass is 32.1. The first-order valence-corrected chi connectivity index (χ1v) is 7.88. The lowest BCUT2D eigenvalue weighted by Gasteiger charge is -2.21. The average molecular weight is 260 g/mol. The van der Waals surface area contributed by atoms with Gasteiger partial charge in [0.25, 0.3) is 0 Å². The molecule has 1 N–H and O–H groups in total. The molecule has 0 spiro atoms. The largest absolute Gasteiger partial charge is 0.388 e. The van der Waals surface area contributed by atoms with Crippen molar-refractivity contribution < 1.29 is 5.11 Å². The molecule has 1 unspecified atom stereocenters. The molecule has 18 heavy (non-hydrogen) atoms. The maximum absolute atomic E-state index is 10.7. The lowest BCUT2D eigenvalue weighted by atomic mass is 9.89. The molecular weight excluding hydrogens is 240 g/mol. The van der Waals surface area contributed by atoms with Gasteiger partial charge in [0.1, 0.15) is 0 Å². The maximum atomic E-state index is 10.7. The van der Waals surface area contributed by atoms with Crippen LogP contribution in [0.4, 0.5) is 0 Å². The van der Waals surface area contributed by atoms with Crippen LogP contribution in [0, 0.1) is 5.92 Å². The van der Waals surface area contributed by atoms with E-state index in [1.165, 1.54) is 48.6 Å². The second-order valence-electron chi connectivity index (χ2n) is 5.38. The van der Waals surface area contributed by atoms with Crippen molar-refractivity contribution in [3.05, 3.63) is 35.2 Å². The summed E-state index contributed by atoms with van der Waals surface area (Å²) in [5.74, 6) is 0.463. The second-order valence-corrected chi connectivity index (χ2v) is 6.29. The van der Waals surface area contributed by atoms with Crippen molar-refractivity contribution in [2.45, 2.75) is 44.6 Å². The molecule has 0 amide bonds. The Labute approximate surface area is 112 Å². The topological polar surface area (TPSA) is 20.2 Å². The maximum Gasteiger partial charge on any atom is 0.0832 e. The first kappa shape index (κ1) is 12.2. The van der Waals surface area contributed by atoms with E-state index in [2.05, 4.69) is 29.6 Å². The number of fused-ring (bicyclic) bond motifs is 1. The van der Waals surface area contributed by atoms with Crippen LogP contribution in [-0.4, -0.2) is 5.11 Å². The van der Waals surface area contributed by atoms with E-state index in [0.717, 1.165) is 5.56 Å². The summed E-state index contributed by atoms with van der Waals surface area (Å²) in [6.07, 6.45) is 7.35. The van der Waals surface area contributed by atoms with E-state index in [4.69, 9.17) is 0 Å². The Morgan fingerprint density at radius 2 is 1.78 bits per heavy atom. The molecule has 1 aromatic heterocycles. The van der Waals surface area contributed by atoms with Gasteiger partial charge in [-0.3, -0.25) is 0 Å². The van der Waals surface area contributed by atoms with Gasteiger partial charge >= 0.3 is 0 Å². The van der Waals surface area contributed by atoms with Crippen LogP contribution in [0.5, 0.6) is 0 Å². The van der Waals surface area contributed by atoms with Gasteiger partial charge in [-0.2, -0.15) is 0 Å². The van der Waals surface area contributed by atoms with Crippen LogP contribution in [0.25, 0.3) is 10.1 Å². The molecule has 1 aromatic carbocycles. The predicted octanol–water partition coefficient (Wildman–Crippen LogP) is 4.91. The molecule has 1 heterocycles. The third kappa shape index (κ3) is 2.32. The molecule has 1 atom stereocenters. The van der Waals surface area contributed by atoms with Crippen molar-refractivity contribution >= 4 is 21.4 Å². The quantitative estimate of drug-likeness (QED) is 0.761. The highest BCUT2D eigenvalue weighted by molar-refractivity contribution is 7.17. The minimum absolute atomic E-state index is 0.265. The minimum atomic E-state index is -0.265. The molecule has 1 saturated carbocycles. The van der Waals surface area contributed by atoms with Gasteiger partial charge in [-0.15, -0.1) is 11.3 Å². The number of aliphatic hydroxyl groups excluding tert-OH is 1. The van der Waals surface area contributed by atoms with Gasteiger partial charge < -0.3 is 5.11 Å². The predicted molar refractivity (Wildman–Crippen MR) is 78.0 cm³/mol. The van der Waals surface area contributed by atoms with E-state index in [-0.39, 0.29) is 6.10 Å². The van der Waals surface area contributed by atoms with E-state index in [1.54, 1.807) is 11.3 Å². The zero-order chi connectivity index (χ0) is 12.4. The Morgan fingerprint density at radius 3 is 2.56 bits per heavy atom. The highest BCUT2D eigenvalue weighted by Crippen LogP contribution is 2.38. The molecule has 3 rings (SSSR count). The Balaban J connectivity index is 1.88. The van der Waals surface area contributed by atoms with Crippen LogP contribution in [0.15, 0.2) is 29.6 Å². The standard InChI is InChI=1S/C16H20OS/c17-16(12-7-3-1-2-4-8-12)14-11-18-15-10-6-5-9-13(14)15/h5-6,9-12,16-17H,1-4,7-8H2. The average Bonchev–Trinajstić information content (AvgIpc) is 2.65. The fourth-order valence-corrected chi connectivity index (χ4v) is 4.10. The summed E-state index contributed by atoms with van der Waals surface area (Å²) in [6.45, 7) is 0. The van der Waals surface area contributed by atoms with Crippen molar-refractivity contribution in [3.63, 3.8) is 0 Å². The highest BCUT2D eigenvalue weighted by Gasteiger charge is 2.24. The molecule has 0 bridgehead atoms. The van der Waals surface area contributed by atoms with E-state index >= 15 is 0 Å². The third-order valence-electron chi connectivity index (χ3n) is 4.18. The van der Waals surface area contributed by atoms with Crippen molar-refractivity contribution in [2.24, 2.45) is 5.92 Å². The van der Waals surface area contributed by atoms with Crippen molar-refractivity contribution in [1.29, 1.82) is 0 Å². The van der Waals surface area contributed by atoms with E-state index in [0.29, 0.717) is 5.92 Å². The Kier molecular flexibility index (Phi) is 3.67.